The first-order valence-electron chi connectivity index (χ1n) is 6.72. The highest BCUT2D eigenvalue weighted by molar-refractivity contribution is 6.42. The monoisotopic (exact) mass is 402 g/mol. The van der Waals surface area contributed by atoms with Crippen molar-refractivity contribution in [1.82, 2.24) is 0 Å². The summed E-state index contributed by atoms with van der Waals surface area (Å²) in [7, 11) is 0. The minimum Gasteiger partial charge on any atom is -0.399 e. The second kappa shape index (κ2) is 6.69. The van der Waals surface area contributed by atoms with Gasteiger partial charge in [0.05, 0.1) is 27.2 Å². The number of carbonyl (C=O) groups excluding carboxylic acids is 1. The van der Waals surface area contributed by atoms with Gasteiger partial charge in [0.25, 0.3) is 5.91 Å². The van der Waals surface area contributed by atoms with Crippen molar-refractivity contribution in [3.05, 3.63) is 50.4 Å². The molecular weight excluding hydrogens is 394 g/mol. The molecule has 0 aliphatic carbocycles. The molecule has 0 aromatic heterocycles. The lowest BCUT2D eigenvalue weighted by Gasteiger charge is -2.15. The van der Waals surface area contributed by atoms with Crippen LogP contribution in [0, 0.1) is 0 Å². The molecule has 0 fully saturated rings. The Hall–Kier alpha value is -1.66. The van der Waals surface area contributed by atoms with Gasteiger partial charge in [0.2, 0.25) is 0 Å². The molecule has 9 heteroatoms. The van der Waals surface area contributed by atoms with Crippen molar-refractivity contribution < 1.29 is 4.79 Å². The van der Waals surface area contributed by atoms with Gasteiger partial charge in [0.15, 0.2) is 0 Å². The summed E-state index contributed by atoms with van der Waals surface area (Å²) in [5, 5.41) is 9.66. The maximum absolute atomic E-state index is 12.3. The van der Waals surface area contributed by atoms with Crippen LogP contribution in [-0.2, 0) is 4.79 Å². The van der Waals surface area contributed by atoms with E-state index in [1.54, 1.807) is 18.2 Å². The third kappa shape index (κ3) is 3.39. The van der Waals surface area contributed by atoms with Gasteiger partial charge >= 0.3 is 0 Å². The summed E-state index contributed by atoms with van der Waals surface area (Å²) >= 11 is 24.3. The van der Waals surface area contributed by atoms with Crippen LogP contribution >= 0.6 is 46.4 Å². The standard InChI is InChI=1S/C15H10Cl4N4O/c16-7-3-10(18)15(11(19)4-7)23-14(24)6-13(22-23)21-12-5-8(20)1-2-9(12)17/h1-5H,6,20H2,(H,21,22). The number of hydrogen-bond acceptors (Lipinski definition) is 4. The molecule has 0 atom stereocenters. The van der Waals surface area contributed by atoms with Gasteiger partial charge in [-0.15, -0.1) is 0 Å². The number of anilines is 3. The number of hydrogen-bond donors (Lipinski definition) is 2. The first-order chi connectivity index (χ1) is 11.3. The second-order valence-corrected chi connectivity index (χ2v) is 6.67. The average Bonchev–Trinajstić information content (AvgIpc) is 2.82. The van der Waals surface area contributed by atoms with E-state index < -0.39 is 0 Å². The molecule has 0 saturated heterocycles. The molecule has 1 aliphatic heterocycles. The van der Waals surface area contributed by atoms with Crippen LogP contribution in [0.1, 0.15) is 6.42 Å². The van der Waals surface area contributed by atoms with Crippen LogP contribution in [0.5, 0.6) is 0 Å². The van der Waals surface area contributed by atoms with Gasteiger partial charge in [-0.3, -0.25) is 4.79 Å². The Balaban J connectivity index is 1.93. The van der Waals surface area contributed by atoms with Gasteiger partial charge in [-0.25, -0.2) is 0 Å². The molecule has 5 nitrogen and oxygen atoms in total. The fraction of sp³-hybridized carbons (Fsp3) is 0.0667. The van der Waals surface area contributed by atoms with E-state index in [4.69, 9.17) is 52.1 Å². The first-order valence-corrected chi connectivity index (χ1v) is 8.23. The molecule has 3 rings (SSSR count). The van der Waals surface area contributed by atoms with E-state index in [9.17, 15) is 4.79 Å². The Morgan fingerprint density at radius 1 is 1.04 bits per heavy atom. The van der Waals surface area contributed by atoms with Crippen molar-refractivity contribution >= 4 is 75.2 Å². The maximum Gasteiger partial charge on any atom is 0.255 e. The molecule has 1 amide bonds. The van der Waals surface area contributed by atoms with Gasteiger partial charge in [0, 0.05) is 10.7 Å². The highest BCUT2D eigenvalue weighted by Crippen LogP contribution is 2.38. The molecule has 3 N–H and O–H groups in total. The molecule has 1 heterocycles. The normalized spacial score (nSPS) is 14.1. The largest absolute Gasteiger partial charge is 0.399 e. The average molecular weight is 404 g/mol. The molecule has 0 saturated carbocycles. The zero-order valence-corrected chi connectivity index (χ0v) is 15.0. The minimum absolute atomic E-state index is 0.0421. The van der Waals surface area contributed by atoms with Crippen LogP contribution < -0.4 is 16.1 Å². The highest BCUT2D eigenvalue weighted by atomic mass is 35.5. The summed E-state index contributed by atoms with van der Waals surface area (Å²) in [5.41, 5.74) is 7.11. The first kappa shape index (κ1) is 17.2. The number of benzene rings is 2. The Morgan fingerprint density at radius 3 is 2.38 bits per heavy atom. The van der Waals surface area contributed by atoms with E-state index in [0.29, 0.717) is 27.3 Å². The number of hydrazone groups is 1. The van der Waals surface area contributed by atoms with Gasteiger partial charge in [-0.05, 0) is 30.3 Å². The van der Waals surface area contributed by atoms with Gasteiger partial charge in [-0.2, -0.15) is 10.1 Å². The van der Waals surface area contributed by atoms with Crippen molar-refractivity contribution in [3.8, 4) is 0 Å². The molecule has 0 unspecified atom stereocenters. The van der Waals surface area contributed by atoms with E-state index in [1.165, 1.54) is 12.1 Å². The number of nitrogens with zero attached hydrogens (tertiary/aromatic N) is 2. The summed E-state index contributed by atoms with van der Waals surface area (Å²) in [6, 6.07) is 7.97. The van der Waals surface area contributed by atoms with Gasteiger partial charge in [-0.1, -0.05) is 46.4 Å². The Morgan fingerprint density at radius 2 is 1.71 bits per heavy atom. The zero-order valence-electron chi connectivity index (χ0n) is 12.0. The number of nitrogens with one attached hydrogen (secondary N) is 1. The molecule has 0 spiro atoms. The number of amides is 1. The van der Waals surface area contributed by atoms with Crippen molar-refractivity contribution in [2.24, 2.45) is 5.10 Å². The van der Waals surface area contributed by atoms with E-state index in [2.05, 4.69) is 10.4 Å². The minimum atomic E-state index is -0.288. The number of amidine groups is 1. The number of nitrogens with two attached hydrogens (primary N) is 1. The fourth-order valence-electron chi connectivity index (χ4n) is 2.20. The van der Waals surface area contributed by atoms with Crippen molar-refractivity contribution in [2.45, 2.75) is 6.42 Å². The number of halogens is 4. The van der Waals surface area contributed by atoms with Gasteiger partial charge in [0.1, 0.15) is 11.5 Å². The fourth-order valence-corrected chi connectivity index (χ4v) is 3.35. The molecule has 2 aromatic carbocycles. The summed E-state index contributed by atoms with van der Waals surface area (Å²) in [4.78, 5) is 12.3. The van der Waals surface area contributed by atoms with E-state index in [0.717, 1.165) is 5.01 Å². The van der Waals surface area contributed by atoms with Crippen molar-refractivity contribution in [3.63, 3.8) is 0 Å². The Bertz CT molecular complexity index is 846. The summed E-state index contributed by atoms with van der Waals surface area (Å²) in [6.07, 6.45) is 0.0421. The Labute approximate surface area is 157 Å². The molecule has 0 radical (unpaired) electrons. The van der Waals surface area contributed by atoms with Crippen LogP contribution in [0.3, 0.4) is 0 Å². The lowest BCUT2D eigenvalue weighted by molar-refractivity contribution is -0.116. The lowest BCUT2D eigenvalue weighted by atomic mass is 10.2. The van der Waals surface area contributed by atoms with Crippen LogP contribution in [0.25, 0.3) is 0 Å². The number of nitrogen functional groups attached to an aromatic ring is 1. The van der Waals surface area contributed by atoms with E-state index in [-0.39, 0.29) is 28.1 Å². The topological polar surface area (TPSA) is 70.7 Å². The van der Waals surface area contributed by atoms with Gasteiger partial charge < -0.3 is 11.1 Å². The predicted molar refractivity (Wildman–Crippen MR) is 100 cm³/mol. The predicted octanol–water partition coefficient (Wildman–Crippen LogP) is 5.04. The highest BCUT2D eigenvalue weighted by Gasteiger charge is 2.29. The third-order valence-corrected chi connectivity index (χ3v) is 4.36. The smallest absolute Gasteiger partial charge is 0.255 e. The van der Waals surface area contributed by atoms with Crippen molar-refractivity contribution in [2.75, 3.05) is 16.1 Å². The zero-order chi connectivity index (χ0) is 17.4. The van der Waals surface area contributed by atoms with Crippen molar-refractivity contribution in [1.29, 1.82) is 0 Å². The number of carbonyl (C=O) groups is 1. The van der Waals surface area contributed by atoms with E-state index >= 15 is 0 Å². The third-order valence-electron chi connectivity index (χ3n) is 3.24. The summed E-state index contributed by atoms with van der Waals surface area (Å²) in [6.45, 7) is 0. The molecule has 2 aromatic rings. The molecule has 124 valence electrons. The van der Waals surface area contributed by atoms with Crippen LogP contribution in [0.2, 0.25) is 20.1 Å². The maximum atomic E-state index is 12.3. The quantitative estimate of drug-likeness (QED) is 0.689. The van der Waals surface area contributed by atoms with Crippen LogP contribution in [0.15, 0.2) is 35.4 Å². The van der Waals surface area contributed by atoms with Crippen LogP contribution in [-0.4, -0.2) is 11.7 Å². The summed E-state index contributed by atoms with van der Waals surface area (Å²) in [5.74, 6) is 0.109. The molecular formula is C15H10Cl4N4O. The number of rotatable bonds is 2. The van der Waals surface area contributed by atoms with Crippen LogP contribution in [0.4, 0.5) is 17.1 Å². The molecule has 24 heavy (non-hydrogen) atoms. The SMILES string of the molecule is Nc1ccc(Cl)c(NC2=NN(c3c(Cl)cc(Cl)cc3Cl)C(=O)C2)c1. The lowest BCUT2D eigenvalue weighted by Crippen LogP contribution is -2.20. The molecule has 1 aliphatic rings. The van der Waals surface area contributed by atoms with E-state index in [1.807, 2.05) is 0 Å². The second-order valence-electron chi connectivity index (χ2n) is 5.01. The molecule has 0 bridgehead atoms. The summed E-state index contributed by atoms with van der Waals surface area (Å²) < 4.78 is 0. The Kier molecular flexibility index (Phi) is 4.78.